The Bertz CT molecular complexity index is 501. The molecule has 0 saturated carbocycles. The van der Waals surface area contributed by atoms with Crippen LogP contribution in [0, 0.1) is 11.3 Å². The molecule has 0 N–H and O–H groups in total. The molecule has 80 valence electrons. The van der Waals surface area contributed by atoms with Crippen LogP contribution in [0.2, 0.25) is 0 Å². The molecule has 2 rings (SSSR count). The summed E-state index contributed by atoms with van der Waals surface area (Å²) in [6, 6.07) is 6.11. The maximum Gasteiger partial charge on any atom is 0.183 e. The number of thiophene rings is 1. The summed E-state index contributed by atoms with van der Waals surface area (Å²) >= 11 is 1.69. The predicted molar refractivity (Wildman–Crippen MR) is 63.2 cm³/mol. The smallest absolute Gasteiger partial charge is 0.183 e. The number of anilines is 1. The Morgan fingerprint density at radius 1 is 1.44 bits per heavy atom. The predicted octanol–water partition coefficient (Wildman–Crippen LogP) is 2.05. The Kier molecular flexibility index (Phi) is 3.13. The van der Waals surface area contributed by atoms with Crippen molar-refractivity contribution in [3.63, 3.8) is 0 Å². The van der Waals surface area contributed by atoms with Gasteiger partial charge in [0, 0.05) is 24.3 Å². The van der Waals surface area contributed by atoms with Gasteiger partial charge in [-0.1, -0.05) is 6.07 Å². The maximum atomic E-state index is 8.92. The van der Waals surface area contributed by atoms with Gasteiger partial charge in [-0.05, 0) is 11.4 Å². The molecule has 2 heterocycles. The van der Waals surface area contributed by atoms with Crippen LogP contribution in [0.4, 0.5) is 5.82 Å². The molecule has 0 bridgehead atoms. The van der Waals surface area contributed by atoms with E-state index in [1.807, 2.05) is 29.5 Å². The Hall–Kier alpha value is -1.93. The van der Waals surface area contributed by atoms with E-state index in [1.165, 1.54) is 11.1 Å². The molecule has 0 amide bonds. The highest BCUT2D eigenvalue weighted by Crippen LogP contribution is 2.17. The van der Waals surface area contributed by atoms with Crippen LogP contribution in [-0.2, 0) is 6.54 Å². The molecule has 0 saturated heterocycles. The van der Waals surface area contributed by atoms with Gasteiger partial charge in [-0.3, -0.25) is 0 Å². The molecule has 2 aromatic heterocycles. The van der Waals surface area contributed by atoms with Crippen LogP contribution < -0.4 is 4.90 Å². The monoisotopic (exact) mass is 230 g/mol. The Morgan fingerprint density at radius 3 is 2.94 bits per heavy atom. The first kappa shape index (κ1) is 10.6. The molecule has 0 aliphatic heterocycles. The molecule has 0 spiro atoms. The van der Waals surface area contributed by atoms with Gasteiger partial charge in [0.05, 0.1) is 6.54 Å². The first-order valence-corrected chi connectivity index (χ1v) is 5.64. The van der Waals surface area contributed by atoms with Gasteiger partial charge >= 0.3 is 0 Å². The molecular formula is C11H10N4S. The van der Waals surface area contributed by atoms with Crippen LogP contribution >= 0.6 is 11.3 Å². The highest BCUT2D eigenvalue weighted by Gasteiger charge is 2.10. The molecule has 16 heavy (non-hydrogen) atoms. The van der Waals surface area contributed by atoms with Crippen LogP contribution in [0.1, 0.15) is 10.6 Å². The molecule has 0 unspecified atom stereocenters. The van der Waals surface area contributed by atoms with Gasteiger partial charge in [-0.15, -0.1) is 11.3 Å². The van der Waals surface area contributed by atoms with Gasteiger partial charge in [0.15, 0.2) is 11.5 Å². The Labute approximate surface area is 97.8 Å². The van der Waals surface area contributed by atoms with Crippen molar-refractivity contribution in [1.82, 2.24) is 9.97 Å². The van der Waals surface area contributed by atoms with E-state index in [1.54, 1.807) is 17.5 Å². The average molecular weight is 230 g/mol. The topological polar surface area (TPSA) is 52.8 Å². The molecule has 2 aromatic rings. The Balaban J connectivity index is 2.21. The number of rotatable bonds is 3. The summed E-state index contributed by atoms with van der Waals surface area (Å²) in [6.07, 6.45) is 3.13. The third-order valence-corrected chi connectivity index (χ3v) is 2.98. The van der Waals surface area contributed by atoms with Crippen LogP contribution in [0.25, 0.3) is 0 Å². The highest BCUT2D eigenvalue weighted by molar-refractivity contribution is 7.09. The van der Waals surface area contributed by atoms with Crippen molar-refractivity contribution < 1.29 is 0 Å². The molecule has 0 aromatic carbocycles. The second kappa shape index (κ2) is 4.73. The fourth-order valence-corrected chi connectivity index (χ4v) is 2.16. The third-order valence-electron chi connectivity index (χ3n) is 2.12. The van der Waals surface area contributed by atoms with Gasteiger partial charge < -0.3 is 4.90 Å². The minimum atomic E-state index is 0.363. The number of aromatic nitrogens is 2. The van der Waals surface area contributed by atoms with Crippen molar-refractivity contribution in [1.29, 1.82) is 5.26 Å². The summed E-state index contributed by atoms with van der Waals surface area (Å²) in [5.41, 5.74) is 0.363. The van der Waals surface area contributed by atoms with E-state index in [4.69, 9.17) is 5.26 Å². The summed E-state index contributed by atoms with van der Waals surface area (Å²) in [5.74, 6) is 0.624. The van der Waals surface area contributed by atoms with E-state index in [2.05, 4.69) is 16.0 Å². The lowest BCUT2D eigenvalue weighted by Crippen LogP contribution is -2.18. The Morgan fingerprint density at radius 2 is 2.25 bits per heavy atom. The van der Waals surface area contributed by atoms with Gasteiger partial charge in [-0.25, -0.2) is 9.97 Å². The van der Waals surface area contributed by atoms with Crippen molar-refractivity contribution >= 4 is 17.2 Å². The third kappa shape index (κ3) is 2.18. The maximum absolute atomic E-state index is 8.92. The fourth-order valence-electron chi connectivity index (χ4n) is 1.40. The van der Waals surface area contributed by atoms with Crippen molar-refractivity contribution in [3.05, 3.63) is 40.5 Å². The number of hydrogen-bond donors (Lipinski definition) is 0. The molecular weight excluding hydrogens is 220 g/mol. The van der Waals surface area contributed by atoms with Crippen molar-refractivity contribution in [2.45, 2.75) is 6.54 Å². The van der Waals surface area contributed by atoms with Gasteiger partial charge in [-0.2, -0.15) is 5.26 Å². The lowest BCUT2D eigenvalue weighted by Gasteiger charge is -2.17. The van der Waals surface area contributed by atoms with Crippen LogP contribution in [-0.4, -0.2) is 17.0 Å². The molecule has 0 atom stereocenters. The summed E-state index contributed by atoms with van der Waals surface area (Å²) < 4.78 is 0. The van der Waals surface area contributed by atoms with Gasteiger partial charge in [0.1, 0.15) is 6.07 Å². The van der Waals surface area contributed by atoms with Crippen molar-refractivity contribution in [3.8, 4) is 6.07 Å². The van der Waals surface area contributed by atoms with E-state index < -0.39 is 0 Å². The van der Waals surface area contributed by atoms with Gasteiger partial charge in [0.2, 0.25) is 0 Å². The molecule has 4 nitrogen and oxygen atoms in total. The lowest BCUT2D eigenvalue weighted by atomic mass is 10.3. The first-order chi connectivity index (χ1) is 7.81. The van der Waals surface area contributed by atoms with E-state index in [-0.39, 0.29) is 0 Å². The minimum Gasteiger partial charge on any atom is -0.352 e. The number of nitriles is 1. The van der Waals surface area contributed by atoms with Crippen LogP contribution in [0.5, 0.6) is 0 Å². The zero-order valence-electron chi connectivity index (χ0n) is 8.79. The fraction of sp³-hybridized carbons (Fsp3) is 0.182. The largest absolute Gasteiger partial charge is 0.352 e. The molecule has 5 heteroatoms. The second-order valence-electron chi connectivity index (χ2n) is 3.28. The van der Waals surface area contributed by atoms with Crippen LogP contribution in [0.3, 0.4) is 0 Å². The quantitative estimate of drug-likeness (QED) is 0.809. The summed E-state index contributed by atoms with van der Waals surface area (Å²) in [6.45, 7) is 0.741. The normalized spacial score (nSPS) is 9.75. The molecule has 0 fully saturated rings. The average Bonchev–Trinajstić information content (AvgIpc) is 2.81. The van der Waals surface area contributed by atoms with Crippen molar-refractivity contribution in [2.24, 2.45) is 0 Å². The van der Waals surface area contributed by atoms with E-state index >= 15 is 0 Å². The molecule has 0 aliphatic rings. The molecule has 0 aliphatic carbocycles. The number of hydrogen-bond acceptors (Lipinski definition) is 5. The zero-order valence-corrected chi connectivity index (χ0v) is 9.61. The summed E-state index contributed by atoms with van der Waals surface area (Å²) in [4.78, 5) is 11.3. The number of nitrogens with zero attached hydrogens (tertiary/aromatic N) is 4. The highest BCUT2D eigenvalue weighted by atomic mass is 32.1. The van der Waals surface area contributed by atoms with Gasteiger partial charge in [0.25, 0.3) is 0 Å². The first-order valence-electron chi connectivity index (χ1n) is 4.76. The van der Waals surface area contributed by atoms with E-state index in [0.717, 1.165) is 6.54 Å². The molecule has 0 radical (unpaired) electrons. The van der Waals surface area contributed by atoms with E-state index in [0.29, 0.717) is 11.5 Å². The lowest BCUT2D eigenvalue weighted by molar-refractivity contribution is 0.898. The summed E-state index contributed by atoms with van der Waals surface area (Å²) in [5, 5.41) is 10.9. The zero-order chi connectivity index (χ0) is 11.4. The minimum absolute atomic E-state index is 0.363. The SMILES string of the molecule is CN(Cc1cccs1)c1nccnc1C#N. The summed E-state index contributed by atoms with van der Waals surface area (Å²) in [7, 11) is 1.91. The standard InChI is InChI=1S/C11H10N4S/c1-15(8-9-3-2-6-16-9)11-10(7-12)13-4-5-14-11/h2-6H,8H2,1H3. The van der Waals surface area contributed by atoms with Crippen molar-refractivity contribution in [2.75, 3.05) is 11.9 Å². The second-order valence-corrected chi connectivity index (χ2v) is 4.31. The van der Waals surface area contributed by atoms with E-state index in [9.17, 15) is 0 Å². The van der Waals surface area contributed by atoms with Crippen LogP contribution in [0.15, 0.2) is 29.9 Å².